The van der Waals surface area contributed by atoms with E-state index in [9.17, 15) is 4.79 Å². The second kappa shape index (κ2) is 5.36. The second-order valence-corrected chi connectivity index (χ2v) is 4.63. The van der Waals surface area contributed by atoms with Crippen molar-refractivity contribution in [2.24, 2.45) is 10.7 Å². The van der Waals surface area contributed by atoms with Crippen molar-refractivity contribution >= 4 is 17.9 Å². The van der Waals surface area contributed by atoms with Crippen LogP contribution in [0.15, 0.2) is 45.6 Å². The zero-order valence-electron chi connectivity index (χ0n) is 12.1. The van der Waals surface area contributed by atoms with Gasteiger partial charge in [-0.25, -0.2) is 9.98 Å². The third kappa shape index (κ3) is 2.32. The van der Waals surface area contributed by atoms with E-state index in [0.29, 0.717) is 17.4 Å². The second-order valence-electron chi connectivity index (χ2n) is 4.63. The summed E-state index contributed by atoms with van der Waals surface area (Å²) in [5.74, 6) is 1.45. The molecule has 0 atom stereocenters. The van der Waals surface area contributed by atoms with Crippen LogP contribution in [-0.4, -0.2) is 35.9 Å². The van der Waals surface area contributed by atoms with Gasteiger partial charge in [-0.15, -0.1) is 0 Å². The van der Waals surface area contributed by atoms with Crippen molar-refractivity contribution in [2.45, 2.75) is 0 Å². The molecule has 0 bridgehead atoms. The zero-order chi connectivity index (χ0) is 15.7. The normalized spacial score (nSPS) is 16.3. The molecule has 0 spiro atoms. The van der Waals surface area contributed by atoms with E-state index in [1.165, 1.54) is 4.90 Å². The van der Waals surface area contributed by atoms with Crippen LogP contribution in [0, 0.1) is 0 Å². The largest absolute Gasteiger partial charge is 0.480 e. The number of aromatic nitrogens is 1. The summed E-state index contributed by atoms with van der Waals surface area (Å²) in [6.07, 6.45) is 3.18. The van der Waals surface area contributed by atoms with Crippen LogP contribution in [0.2, 0.25) is 0 Å². The van der Waals surface area contributed by atoms with Gasteiger partial charge in [0.25, 0.3) is 5.91 Å². The fourth-order valence-corrected chi connectivity index (χ4v) is 2.07. The minimum absolute atomic E-state index is 0.164. The summed E-state index contributed by atoms with van der Waals surface area (Å²) in [6.45, 7) is 0. The Labute approximate surface area is 126 Å². The first kappa shape index (κ1) is 13.9. The van der Waals surface area contributed by atoms with Gasteiger partial charge in [0.15, 0.2) is 0 Å². The number of aliphatic imine (C=N–C) groups is 1. The van der Waals surface area contributed by atoms with Gasteiger partial charge in [-0.05, 0) is 24.3 Å². The van der Waals surface area contributed by atoms with Crippen molar-refractivity contribution in [3.63, 3.8) is 0 Å². The molecule has 1 aliphatic rings. The van der Waals surface area contributed by atoms with Gasteiger partial charge in [0.05, 0.1) is 12.7 Å². The molecule has 0 fully saturated rings. The van der Waals surface area contributed by atoms with Gasteiger partial charge in [0, 0.05) is 19.3 Å². The average Bonchev–Trinajstić information content (AvgIpc) is 3.09. The number of furan rings is 1. The molecule has 2 aromatic heterocycles. The molecule has 3 rings (SSSR count). The molecule has 0 unspecified atom stereocenters. The Morgan fingerprint density at radius 3 is 2.86 bits per heavy atom. The highest BCUT2D eigenvalue weighted by molar-refractivity contribution is 6.12. The number of likely N-dealkylation sites (N-methyl/N-ethyl adjacent to an activating group) is 1. The fourth-order valence-electron chi connectivity index (χ4n) is 2.07. The van der Waals surface area contributed by atoms with E-state index in [1.54, 1.807) is 44.6 Å². The van der Waals surface area contributed by atoms with Crippen molar-refractivity contribution in [3.8, 4) is 17.2 Å². The molecule has 2 N–H and O–H groups in total. The van der Waals surface area contributed by atoms with E-state index in [0.717, 1.165) is 5.56 Å². The molecule has 112 valence electrons. The van der Waals surface area contributed by atoms with Gasteiger partial charge in [-0.1, -0.05) is 0 Å². The summed E-state index contributed by atoms with van der Waals surface area (Å²) < 4.78 is 10.9. The third-order valence-electron chi connectivity index (χ3n) is 3.24. The number of hydrogen-bond acceptors (Lipinski definition) is 6. The van der Waals surface area contributed by atoms with Gasteiger partial charge in [-0.3, -0.25) is 9.69 Å². The summed E-state index contributed by atoms with van der Waals surface area (Å²) in [4.78, 5) is 21.3. The Morgan fingerprint density at radius 2 is 2.18 bits per heavy atom. The number of ether oxygens (including phenoxy) is 1. The van der Waals surface area contributed by atoms with E-state index in [4.69, 9.17) is 14.9 Å². The quantitative estimate of drug-likeness (QED) is 0.866. The zero-order valence-corrected chi connectivity index (χ0v) is 12.1. The molecule has 7 heteroatoms. The number of rotatable bonds is 3. The summed E-state index contributed by atoms with van der Waals surface area (Å²) in [5.41, 5.74) is 6.57. The van der Waals surface area contributed by atoms with Crippen LogP contribution in [-0.2, 0) is 4.79 Å². The number of hydrogen-bond donors (Lipinski definition) is 1. The first-order chi connectivity index (χ1) is 10.6. The van der Waals surface area contributed by atoms with Crippen molar-refractivity contribution in [1.29, 1.82) is 0 Å². The molecule has 0 aliphatic carbocycles. The SMILES string of the molecule is COc1ncccc1-c1ccc(C=C2N=C(N)N(C)C2=O)o1. The topological polar surface area (TPSA) is 94.0 Å². The molecule has 7 nitrogen and oxygen atoms in total. The van der Waals surface area contributed by atoms with Crippen molar-refractivity contribution in [1.82, 2.24) is 9.88 Å². The maximum absolute atomic E-state index is 11.9. The number of carbonyl (C=O) groups is 1. The minimum atomic E-state index is -0.269. The molecule has 0 saturated heterocycles. The smallest absolute Gasteiger partial charge is 0.279 e. The Hall–Kier alpha value is -3.09. The Morgan fingerprint density at radius 1 is 1.36 bits per heavy atom. The maximum atomic E-state index is 11.9. The number of methoxy groups -OCH3 is 1. The summed E-state index contributed by atoms with van der Waals surface area (Å²) in [6, 6.07) is 7.15. The number of carbonyl (C=O) groups excluding carboxylic acids is 1. The fraction of sp³-hybridized carbons (Fsp3) is 0.133. The summed E-state index contributed by atoms with van der Waals surface area (Å²) in [7, 11) is 3.11. The summed E-state index contributed by atoms with van der Waals surface area (Å²) in [5, 5.41) is 0. The first-order valence-electron chi connectivity index (χ1n) is 6.53. The third-order valence-corrected chi connectivity index (χ3v) is 3.24. The monoisotopic (exact) mass is 298 g/mol. The van der Waals surface area contributed by atoms with Crippen LogP contribution in [0.4, 0.5) is 0 Å². The van der Waals surface area contributed by atoms with Crippen LogP contribution in [0.25, 0.3) is 17.4 Å². The van der Waals surface area contributed by atoms with Gasteiger partial charge in [-0.2, -0.15) is 0 Å². The Bertz CT molecular complexity index is 792. The lowest BCUT2D eigenvalue weighted by atomic mass is 10.2. The number of nitrogens with two attached hydrogens (primary N) is 1. The van der Waals surface area contributed by atoms with Gasteiger partial charge in [0.1, 0.15) is 17.2 Å². The van der Waals surface area contributed by atoms with E-state index in [2.05, 4.69) is 9.98 Å². The molecule has 2 aromatic rings. The predicted molar refractivity (Wildman–Crippen MR) is 80.9 cm³/mol. The van der Waals surface area contributed by atoms with Crippen molar-refractivity contribution < 1.29 is 13.9 Å². The van der Waals surface area contributed by atoms with Gasteiger partial charge >= 0.3 is 0 Å². The van der Waals surface area contributed by atoms with E-state index >= 15 is 0 Å². The molecule has 0 radical (unpaired) electrons. The number of pyridine rings is 1. The van der Waals surface area contributed by atoms with E-state index < -0.39 is 0 Å². The predicted octanol–water partition coefficient (Wildman–Crippen LogP) is 1.48. The maximum Gasteiger partial charge on any atom is 0.279 e. The van der Waals surface area contributed by atoms with Crippen LogP contribution in [0.1, 0.15) is 5.76 Å². The molecular formula is C15H14N4O3. The summed E-state index contributed by atoms with van der Waals surface area (Å²) >= 11 is 0. The lowest BCUT2D eigenvalue weighted by molar-refractivity contribution is -0.121. The molecule has 3 heterocycles. The average molecular weight is 298 g/mol. The number of guanidine groups is 1. The van der Waals surface area contributed by atoms with Crippen LogP contribution in [0.5, 0.6) is 5.88 Å². The minimum Gasteiger partial charge on any atom is -0.480 e. The molecule has 1 amide bonds. The van der Waals surface area contributed by atoms with Crippen LogP contribution < -0.4 is 10.5 Å². The van der Waals surface area contributed by atoms with E-state index in [1.807, 2.05) is 6.07 Å². The Balaban J connectivity index is 1.94. The highest BCUT2D eigenvalue weighted by Gasteiger charge is 2.25. The molecule has 0 saturated carbocycles. The lowest BCUT2D eigenvalue weighted by Crippen LogP contribution is -2.33. The first-order valence-corrected chi connectivity index (χ1v) is 6.53. The van der Waals surface area contributed by atoms with Crippen molar-refractivity contribution in [2.75, 3.05) is 14.2 Å². The number of nitrogens with zero attached hydrogens (tertiary/aromatic N) is 3. The highest BCUT2D eigenvalue weighted by atomic mass is 16.5. The number of amides is 1. The van der Waals surface area contributed by atoms with Gasteiger partial charge < -0.3 is 14.9 Å². The van der Waals surface area contributed by atoms with Crippen LogP contribution >= 0.6 is 0 Å². The standard InChI is InChI=1S/C15H14N4O3/c1-19-14(20)11(18-15(19)16)8-9-5-6-12(22-9)10-4-3-7-17-13(10)21-2/h3-8H,1-2H3,(H2,16,18). The lowest BCUT2D eigenvalue weighted by Gasteiger charge is -2.05. The molecule has 0 aromatic carbocycles. The Kier molecular flexibility index (Phi) is 3.38. The molecular weight excluding hydrogens is 284 g/mol. The van der Waals surface area contributed by atoms with Crippen LogP contribution in [0.3, 0.4) is 0 Å². The van der Waals surface area contributed by atoms with Gasteiger partial charge in [0.2, 0.25) is 11.8 Å². The van der Waals surface area contributed by atoms with Crippen molar-refractivity contribution in [3.05, 3.63) is 41.9 Å². The molecule has 22 heavy (non-hydrogen) atoms. The highest BCUT2D eigenvalue weighted by Crippen LogP contribution is 2.30. The van der Waals surface area contributed by atoms with E-state index in [-0.39, 0.29) is 17.6 Å². The molecule has 1 aliphatic heterocycles.